The number of carbonyl (C=O) groups excluding carboxylic acids is 1. The molecule has 90 valence electrons. The molecule has 0 aromatic heterocycles. The largest absolute Gasteiger partial charge is 0.475 e. The molecule has 1 heterocycles. The van der Waals surface area contributed by atoms with Gasteiger partial charge in [-0.3, -0.25) is 9.69 Å². The van der Waals surface area contributed by atoms with Crippen LogP contribution < -0.4 is 0 Å². The summed E-state index contributed by atoms with van der Waals surface area (Å²) < 4.78 is 0. The fourth-order valence-corrected chi connectivity index (χ4v) is 2.05. The van der Waals surface area contributed by atoms with Crippen LogP contribution >= 0.6 is 0 Å². The fourth-order valence-electron chi connectivity index (χ4n) is 2.05. The number of nitrogens with zero attached hydrogens (tertiary/aromatic N) is 1. The molecule has 0 spiro atoms. The van der Waals surface area contributed by atoms with Gasteiger partial charge in [0.2, 0.25) is 0 Å². The van der Waals surface area contributed by atoms with Crippen molar-refractivity contribution in [3.63, 3.8) is 0 Å². The molecule has 2 rings (SSSR count). The zero-order valence-electron chi connectivity index (χ0n) is 9.93. The first-order valence-corrected chi connectivity index (χ1v) is 5.62. The van der Waals surface area contributed by atoms with E-state index in [4.69, 9.17) is 5.11 Å². The summed E-state index contributed by atoms with van der Waals surface area (Å²) in [6.45, 7) is 5.90. The molecule has 1 aliphatic heterocycles. The third kappa shape index (κ3) is 2.22. The maximum absolute atomic E-state index is 11.3. The summed E-state index contributed by atoms with van der Waals surface area (Å²) in [5, 5.41) is 8.66. The number of carboxylic acids is 1. The summed E-state index contributed by atoms with van der Waals surface area (Å²) in [5.41, 5.74) is 2.51. The van der Waals surface area contributed by atoms with Gasteiger partial charge in [-0.2, -0.15) is 0 Å². The van der Waals surface area contributed by atoms with Crippen LogP contribution in [0.5, 0.6) is 0 Å². The highest BCUT2D eigenvalue weighted by Crippen LogP contribution is 2.25. The van der Waals surface area contributed by atoms with E-state index >= 15 is 0 Å². The molecule has 0 saturated heterocycles. The highest BCUT2D eigenvalue weighted by molar-refractivity contribution is 6.39. The third-order valence-corrected chi connectivity index (χ3v) is 3.14. The van der Waals surface area contributed by atoms with Crippen molar-refractivity contribution in [2.45, 2.75) is 33.0 Å². The van der Waals surface area contributed by atoms with Crippen molar-refractivity contribution in [1.82, 2.24) is 4.90 Å². The Labute approximate surface area is 99.9 Å². The van der Waals surface area contributed by atoms with Crippen molar-refractivity contribution in [3.8, 4) is 0 Å². The van der Waals surface area contributed by atoms with Crippen LogP contribution in [0.25, 0.3) is 0 Å². The fraction of sp³-hybridized carbons (Fsp3) is 0.385. The van der Waals surface area contributed by atoms with Gasteiger partial charge >= 0.3 is 5.97 Å². The molecule has 1 aliphatic rings. The topological polar surface area (TPSA) is 57.6 Å². The predicted molar refractivity (Wildman–Crippen MR) is 62.8 cm³/mol. The molecule has 0 bridgehead atoms. The molecular formula is C13H15NO3. The summed E-state index contributed by atoms with van der Waals surface area (Å²) >= 11 is 0. The third-order valence-electron chi connectivity index (χ3n) is 3.14. The Morgan fingerprint density at radius 1 is 1.24 bits per heavy atom. The van der Waals surface area contributed by atoms with Gasteiger partial charge in [0.15, 0.2) is 0 Å². The number of carbonyl (C=O) groups is 2. The Morgan fingerprint density at radius 2 is 1.88 bits per heavy atom. The van der Waals surface area contributed by atoms with Crippen LogP contribution in [-0.4, -0.2) is 27.8 Å². The average Bonchev–Trinajstić information content (AvgIpc) is 2.70. The average molecular weight is 233 g/mol. The molecular weight excluding hydrogens is 218 g/mol. The van der Waals surface area contributed by atoms with E-state index in [1.165, 1.54) is 5.56 Å². The number of fused-ring (bicyclic) bond motifs is 1. The SMILES string of the molecule is CC(C)N1Cc2ccc(C(=O)C(=O)O)cc2C1. The van der Waals surface area contributed by atoms with Gasteiger partial charge in [-0.05, 0) is 31.0 Å². The molecule has 1 N–H and O–H groups in total. The van der Waals surface area contributed by atoms with Gasteiger partial charge in [-0.15, -0.1) is 0 Å². The lowest BCUT2D eigenvalue weighted by molar-refractivity contribution is -0.131. The molecule has 0 aliphatic carbocycles. The summed E-state index contributed by atoms with van der Waals surface area (Å²) in [5.74, 6) is -2.24. The van der Waals surface area contributed by atoms with Gasteiger partial charge in [-0.1, -0.05) is 12.1 Å². The van der Waals surface area contributed by atoms with Crippen molar-refractivity contribution < 1.29 is 14.7 Å². The first kappa shape index (κ1) is 11.8. The first-order valence-electron chi connectivity index (χ1n) is 5.62. The predicted octanol–water partition coefficient (Wildman–Crippen LogP) is 1.68. The molecule has 0 atom stereocenters. The van der Waals surface area contributed by atoms with Gasteiger partial charge in [0.1, 0.15) is 0 Å². The maximum atomic E-state index is 11.3. The molecule has 0 unspecified atom stereocenters. The van der Waals surface area contributed by atoms with E-state index in [0.29, 0.717) is 6.04 Å². The molecule has 0 radical (unpaired) electrons. The van der Waals surface area contributed by atoms with E-state index in [1.807, 2.05) is 6.07 Å². The maximum Gasteiger partial charge on any atom is 0.377 e. The van der Waals surface area contributed by atoms with E-state index in [9.17, 15) is 9.59 Å². The Balaban J connectivity index is 2.27. The Bertz CT molecular complexity index is 480. The molecule has 4 nitrogen and oxygen atoms in total. The Hall–Kier alpha value is -1.68. The summed E-state index contributed by atoms with van der Waals surface area (Å²) in [6, 6.07) is 5.60. The lowest BCUT2D eigenvalue weighted by Gasteiger charge is -2.18. The minimum atomic E-state index is -1.40. The van der Waals surface area contributed by atoms with Gasteiger partial charge in [0.25, 0.3) is 5.78 Å². The lowest BCUT2D eigenvalue weighted by atomic mass is 10.0. The second kappa shape index (κ2) is 4.30. The van der Waals surface area contributed by atoms with E-state index in [2.05, 4.69) is 18.7 Å². The van der Waals surface area contributed by atoms with Gasteiger partial charge in [0, 0.05) is 24.7 Å². The summed E-state index contributed by atoms with van der Waals surface area (Å²) in [4.78, 5) is 24.2. The standard InChI is InChI=1S/C13H15NO3/c1-8(2)14-6-10-4-3-9(5-11(10)7-14)12(15)13(16)17/h3-5,8H,6-7H2,1-2H3,(H,16,17). The number of benzene rings is 1. The number of aliphatic carboxylic acids is 1. The van der Waals surface area contributed by atoms with Gasteiger partial charge in [0.05, 0.1) is 0 Å². The minimum Gasteiger partial charge on any atom is -0.475 e. The van der Waals surface area contributed by atoms with Crippen molar-refractivity contribution in [2.75, 3.05) is 0 Å². The first-order chi connectivity index (χ1) is 7.99. The van der Waals surface area contributed by atoms with Crippen molar-refractivity contribution in [1.29, 1.82) is 0 Å². The van der Waals surface area contributed by atoms with Crippen LogP contribution in [-0.2, 0) is 17.9 Å². The van der Waals surface area contributed by atoms with Crippen LogP contribution in [0.2, 0.25) is 0 Å². The zero-order valence-corrected chi connectivity index (χ0v) is 9.93. The number of rotatable bonds is 3. The van der Waals surface area contributed by atoms with Crippen molar-refractivity contribution in [2.24, 2.45) is 0 Å². The number of Topliss-reactive ketones (excluding diaryl/α,β-unsaturated/α-hetero) is 1. The number of hydrogen-bond donors (Lipinski definition) is 1. The van der Waals surface area contributed by atoms with Crippen LogP contribution in [0.1, 0.15) is 35.3 Å². The molecule has 0 amide bonds. The smallest absolute Gasteiger partial charge is 0.377 e. The highest BCUT2D eigenvalue weighted by Gasteiger charge is 2.23. The number of ketones is 1. The zero-order chi connectivity index (χ0) is 12.6. The number of carboxylic acid groups (broad SMARTS) is 1. The van der Waals surface area contributed by atoms with E-state index in [1.54, 1.807) is 12.1 Å². The molecule has 1 aromatic carbocycles. The summed E-state index contributed by atoms with van der Waals surface area (Å²) in [6.07, 6.45) is 0. The second-order valence-electron chi connectivity index (χ2n) is 4.62. The van der Waals surface area contributed by atoms with Crippen LogP contribution in [0, 0.1) is 0 Å². The molecule has 4 heteroatoms. The summed E-state index contributed by atoms with van der Waals surface area (Å²) in [7, 11) is 0. The van der Waals surface area contributed by atoms with Crippen LogP contribution in [0.4, 0.5) is 0 Å². The van der Waals surface area contributed by atoms with Crippen LogP contribution in [0.15, 0.2) is 18.2 Å². The monoisotopic (exact) mass is 233 g/mol. The van der Waals surface area contributed by atoms with Gasteiger partial charge in [-0.25, -0.2) is 4.79 Å². The van der Waals surface area contributed by atoms with Crippen molar-refractivity contribution >= 4 is 11.8 Å². The molecule has 0 saturated carbocycles. The molecule has 1 aromatic rings. The Kier molecular flexibility index (Phi) is 2.98. The van der Waals surface area contributed by atoms with Crippen LogP contribution in [0.3, 0.4) is 0 Å². The quantitative estimate of drug-likeness (QED) is 0.637. The van der Waals surface area contributed by atoms with Crippen molar-refractivity contribution in [3.05, 3.63) is 34.9 Å². The van der Waals surface area contributed by atoms with E-state index in [-0.39, 0.29) is 5.56 Å². The normalized spacial score (nSPS) is 15.0. The second-order valence-corrected chi connectivity index (χ2v) is 4.62. The number of hydrogen-bond acceptors (Lipinski definition) is 3. The minimum absolute atomic E-state index is 0.266. The molecule has 0 fully saturated rings. The Morgan fingerprint density at radius 3 is 2.47 bits per heavy atom. The van der Waals surface area contributed by atoms with Gasteiger partial charge < -0.3 is 5.11 Å². The molecule has 17 heavy (non-hydrogen) atoms. The lowest BCUT2D eigenvalue weighted by Crippen LogP contribution is -2.24. The van der Waals surface area contributed by atoms with E-state index < -0.39 is 11.8 Å². The van der Waals surface area contributed by atoms with E-state index in [0.717, 1.165) is 18.7 Å². The highest BCUT2D eigenvalue weighted by atomic mass is 16.4.